The Morgan fingerprint density at radius 1 is 0.591 bits per heavy atom. The molecule has 3 rings (SSSR count). The van der Waals surface area contributed by atoms with Crippen LogP contribution in [-0.2, 0) is 0 Å². The molecule has 0 fully saturated rings. The zero-order chi connectivity index (χ0) is 15.4. The Bertz CT molecular complexity index is 775. The predicted octanol–water partition coefficient (Wildman–Crippen LogP) is 4.27. The highest BCUT2D eigenvalue weighted by Crippen LogP contribution is 2.30. The maximum absolute atomic E-state index is 9.52. The highest BCUT2D eigenvalue weighted by molar-refractivity contribution is 5.97. The average molecular weight is 287 g/mol. The van der Waals surface area contributed by atoms with Gasteiger partial charge in [0.15, 0.2) is 0 Å². The van der Waals surface area contributed by atoms with E-state index in [0.717, 1.165) is 28.0 Å². The highest BCUT2D eigenvalue weighted by atomic mass is 16.3. The van der Waals surface area contributed by atoms with Crippen LogP contribution in [0.5, 0.6) is 5.75 Å². The maximum Gasteiger partial charge on any atom is 0.115 e. The van der Waals surface area contributed by atoms with Crippen molar-refractivity contribution in [2.45, 2.75) is 0 Å². The van der Waals surface area contributed by atoms with Gasteiger partial charge in [-0.15, -0.1) is 0 Å². The molecule has 0 heterocycles. The van der Waals surface area contributed by atoms with E-state index < -0.39 is 0 Å². The lowest BCUT2D eigenvalue weighted by Crippen LogP contribution is -2.02. The summed E-state index contributed by atoms with van der Waals surface area (Å²) < 4.78 is 0. The van der Waals surface area contributed by atoms with E-state index in [4.69, 9.17) is 5.73 Å². The largest absolute Gasteiger partial charge is 0.508 e. The third kappa shape index (κ3) is 2.86. The molecular formula is C20H17NO. The van der Waals surface area contributed by atoms with Crippen LogP contribution in [0.15, 0.2) is 84.9 Å². The molecule has 0 amide bonds. The van der Waals surface area contributed by atoms with E-state index in [9.17, 15) is 5.11 Å². The lowest BCUT2D eigenvalue weighted by atomic mass is 9.93. The van der Waals surface area contributed by atoms with Crippen molar-refractivity contribution in [3.8, 4) is 5.75 Å². The second-order valence-electron chi connectivity index (χ2n) is 5.07. The minimum absolute atomic E-state index is 0.245. The molecule has 0 aliphatic heterocycles. The van der Waals surface area contributed by atoms with Gasteiger partial charge in [-0.1, -0.05) is 72.8 Å². The lowest BCUT2D eigenvalue weighted by Gasteiger charge is -2.13. The van der Waals surface area contributed by atoms with Crippen molar-refractivity contribution in [2.75, 3.05) is 0 Å². The zero-order valence-electron chi connectivity index (χ0n) is 12.1. The number of phenolic OH excluding ortho intramolecular Hbond substituents is 1. The first kappa shape index (κ1) is 14.0. The van der Waals surface area contributed by atoms with Crippen molar-refractivity contribution in [1.29, 1.82) is 0 Å². The summed E-state index contributed by atoms with van der Waals surface area (Å²) >= 11 is 0. The third-order valence-electron chi connectivity index (χ3n) is 3.57. The van der Waals surface area contributed by atoms with Gasteiger partial charge in [-0.2, -0.15) is 0 Å². The van der Waals surface area contributed by atoms with Gasteiger partial charge in [0.05, 0.1) is 0 Å². The normalized spacial score (nSPS) is 11.8. The van der Waals surface area contributed by atoms with Crippen molar-refractivity contribution in [1.82, 2.24) is 0 Å². The summed E-state index contributed by atoms with van der Waals surface area (Å²) in [5, 5.41) is 9.52. The fourth-order valence-corrected chi connectivity index (χ4v) is 2.47. The Morgan fingerprint density at radius 2 is 1.05 bits per heavy atom. The molecule has 2 heteroatoms. The Labute approximate surface area is 130 Å². The molecule has 0 atom stereocenters. The standard InChI is InChI=1S/C20H17NO/c21-20(17-9-5-2-6-10-17)19(15-7-3-1-4-8-15)16-11-13-18(22)14-12-16/h1-14,22H,21H2/b20-19-. The van der Waals surface area contributed by atoms with Crippen molar-refractivity contribution in [2.24, 2.45) is 5.73 Å². The van der Waals surface area contributed by atoms with Crippen LogP contribution in [0.3, 0.4) is 0 Å². The van der Waals surface area contributed by atoms with Crippen molar-refractivity contribution < 1.29 is 5.11 Å². The van der Waals surface area contributed by atoms with Gasteiger partial charge in [0.25, 0.3) is 0 Å². The van der Waals surface area contributed by atoms with E-state index in [0.29, 0.717) is 0 Å². The molecule has 0 unspecified atom stereocenters. The van der Waals surface area contributed by atoms with Gasteiger partial charge >= 0.3 is 0 Å². The smallest absolute Gasteiger partial charge is 0.115 e. The molecule has 0 aliphatic carbocycles. The Kier molecular flexibility index (Phi) is 3.92. The van der Waals surface area contributed by atoms with Crippen LogP contribution in [0.2, 0.25) is 0 Å². The number of aromatic hydroxyl groups is 1. The van der Waals surface area contributed by atoms with Gasteiger partial charge in [-0.05, 0) is 28.8 Å². The van der Waals surface area contributed by atoms with Crippen molar-refractivity contribution in [3.05, 3.63) is 102 Å². The maximum atomic E-state index is 9.52. The second-order valence-corrected chi connectivity index (χ2v) is 5.07. The molecular weight excluding hydrogens is 270 g/mol. The molecule has 22 heavy (non-hydrogen) atoms. The van der Waals surface area contributed by atoms with E-state index in [1.165, 1.54) is 0 Å². The fraction of sp³-hybridized carbons (Fsp3) is 0. The monoisotopic (exact) mass is 287 g/mol. The first-order valence-corrected chi connectivity index (χ1v) is 7.16. The summed E-state index contributed by atoms with van der Waals surface area (Å²) in [4.78, 5) is 0. The fourth-order valence-electron chi connectivity index (χ4n) is 2.47. The zero-order valence-corrected chi connectivity index (χ0v) is 12.1. The molecule has 3 aromatic rings. The van der Waals surface area contributed by atoms with E-state index in [1.807, 2.05) is 72.8 Å². The molecule has 108 valence electrons. The highest BCUT2D eigenvalue weighted by Gasteiger charge is 2.11. The summed E-state index contributed by atoms with van der Waals surface area (Å²) in [6.07, 6.45) is 0. The summed E-state index contributed by atoms with van der Waals surface area (Å²) in [6.45, 7) is 0. The van der Waals surface area contributed by atoms with Crippen LogP contribution in [0, 0.1) is 0 Å². The van der Waals surface area contributed by atoms with Gasteiger partial charge in [0.1, 0.15) is 5.75 Å². The lowest BCUT2D eigenvalue weighted by molar-refractivity contribution is 0.475. The molecule has 0 saturated carbocycles. The predicted molar refractivity (Wildman–Crippen MR) is 91.1 cm³/mol. The minimum Gasteiger partial charge on any atom is -0.508 e. The minimum atomic E-state index is 0.245. The van der Waals surface area contributed by atoms with E-state index in [2.05, 4.69) is 0 Å². The molecule has 2 nitrogen and oxygen atoms in total. The van der Waals surface area contributed by atoms with Crippen LogP contribution in [0.1, 0.15) is 16.7 Å². The number of benzene rings is 3. The number of nitrogens with two attached hydrogens (primary N) is 1. The number of hydrogen-bond acceptors (Lipinski definition) is 2. The quantitative estimate of drug-likeness (QED) is 0.707. The Morgan fingerprint density at radius 3 is 1.59 bits per heavy atom. The summed E-state index contributed by atoms with van der Waals surface area (Å²) in [5.74, 6) is 0.245. The molecule has 3 N–H and O–H groups in total. The molecule has 0 aliphatic rings. The number of hydrogen-bond donors (Lipinski definition) is 2. The molecule has 0 radical (unpaired) electrons. The Hall–Kier alpha value is -3.00. The van der Waals surface area contributed by atoms with Gasteiger partial charge in [-0.3, -0.25) is 0 Å². The number of phenols is 1. The third-order valence-corrected chi connectivity index (χ3v) is 3.57. The summed E-state index contributed by atoms with van der Waals surface area (Å²) in [7, 11) is 0. The SMILES string of the molecule is N/C(=C(/c1ccccc1)c1ccc(O)cc1)c1ccccc1. The molecule has 0 saturated heterocycles. The molecule has 3 aromatic carbocycles. The average Bonchev–Trinajstić information content (AvgIpc) is 2.58. The molecule has 0 spiro atoms. The van der Waals surface area contributed by atoms with E-state index in [-0.39, 0.29) is 5.75 Å². The molecule has 0 bridgehead atoms. The van der Waals surface area contributed by atoms with E-state index in [1.54, 1.807) is 12.1 Å². The van der Waals surface area contributed by atoms with Crippen LogP contribution >= 0.6 is 0 Å². The molecule has 0 aromatic heterocycles. The van der Waals surface area contributed by atoms with Crippen molar-refractivity contribution in [3.63, 3.8) is 0 Å². The van der Waals surface area contributed by atoms with Gasteiger partial charge < -0.3 is 10.8 Å². The second kappa shape index (κ2) is 6.19. The van der Waals surface area contributed by atoms with Gasteiger partial charge in [-0.25, -0.2) is 0 Å². The van der Waals surface area contributed by atoms with E-state index >= 15 is 0 Å². The van der Waals surface area contributed by atoms with Crippen LogP contribution in [0.25, 0.3) is 11.3 Å². The summed E-state index contributed by atoms with van der Waals surface area (Å²) in [6, 6.07) is 27.1. The number of rotatable bonds is 3. The summed E-state index contributed by atoms with van der Waals surface area (Å²) in [5.41, 5.74) is 11.2. The van der Waals surface area contributed by atoms with Crippen LogP contribution in [0.4, 0.5) is 0 Å². The van der Waals surface area contributed by atoms with Crippen molar-refractivity contribution >= 4 is 11.3 Å². The van der Waals surface area contributed by atoms with Gasteiger partial charge in [0.2, 0.25) is 0 Å². The van der Waals surface area contributed by atoms with Crippen LogP contribution < -0.4 is 5.73 Å². The Balaban J connectivity index is 2.21. The first-order valence-electron chi connectivity index (χ1n) is 7.16. The van der Waals surface area contributed by atoms with Crippen LogP contribution in [-0.4, -0.2) is 5.11 Å². The van der Waals surface area contributed by atoms with Gasteiger partial charge in [0, 0.05) is 11.3 Å². The first-order chi connectivity index (χ1) is 10.8. The topological polar surface area (TPSA) is 46.2 Å².